The zero-order chi connectivity index (χ0) is 17.4. The maximum Gasteiger partial charge on any atom is 0.317 e. The van der Waals surface area contributed by atoms with Gasteiger partial charge in [-0.1, -0.05) is 6.07 Å². The lowest BCUT2D eigenvalue weighted by Crippen LogP contribution is -2.45. The van der Waals surface area contributed by atoms with Crippen molar-refractivity contribution >= 4 is 12.0 Å². The van der Waals surface area contributed by atoms with Crippen molar-refractivity contribution in [2.75, 3.05) is 27.0 Å². The highest BCUT2D eigenvalue weighted by Gasteiger charge is 2.59. The minimum Gasteiger partial charge on any atom is -0.469 e. The number of benzene rings is 1. The van der Waals surface area contributed by atoms with Gasteiger partial charge in [-0.25, -0.2) is 4.79 Å². The molecule has 1 saturated carbocycles. The molecule has 7 nitrogen and oxygen atoms in total. The second-order valence-electron chi connectivity index (χ2n) is 6.98. The SMILES string of the molecule is COC(=O)[C@H]1CC12CCN(C(=O)NCc1ccc3c(c1)OCO3)CC2. The van der Waals surface area contributed by atoms with Crippen LogP contribution in [0.2, 0.25) is 0 Å². The van der Waals surface area contributed by atoms with Crippen molar-refractivity contribution in [2.45, 2.75) is 25.8 Å². The lowest BCUT2D eigenvalue weighted by atomic mass is 9.91. The number of ether oxygens (including phenoxy) is 3. The molecule has 1 aliphatic carbocycles. The van der Waals surface area contributed by atoms with Gasteiger partial charge in [0.1, 0.15) is 0 Å². The maximum atomic E-state index is 12.4. The Kier molecular flexibility index (Phi) is 3.94. The molecule has 1 saturated heterocycles. The van der Waals surface area contributed by atoms with Gasteiger partial charge in [0, 0.05) is 19.6 Å². The fourth-order valence-corrected chi connectivity index (χ4v) is 3.87. The Morgan fingerprint density at radius 1 is 1.28 bits per heavy atom. The lowest BCUT2D eigenvalue weighted by Gasteiger charge is -2.32. The van der Waals surface area contributed by atoms with Crippen molar-refractivity contribution < 1.29 is 23.8 Å². The largest absolute Gasteiger partial charge is 0.469 e. The average Bonchev–Trinajstić information content (AvgIpc) is 3.13. The van der Waals surface area contributed by atoms with E-state index in [1.165, 1.54) is 7.11 Å². The van der Waals surface area contributed by atoms with Gasteiger partial charge in [0.25, 0.3) is 0 Å². The summed E-state index contributed by atoms with van der Waals surface area (Å²) in [5.74, 6) is 1.37. The topological polar surface area (TPSA) is 77.1 Å². The van der Waals surface area contributed by atoms with E-state index in [2.05, 4.69) is 5.32 Å². The number of urea groups is 1. The van der Waals surface area contributed by atoms with Crippen LogP contribution in [0.3, 0.4) is 0 Å². The number of rotatable bonds is 3. The quantitative estimate of drug-likeness (QED) is 0.846. The summed E-state index contributed by atoms with van der Waals surface area (Å²) in [6.45, 7) is 2.05. The van der Waals surface area contributed by atoms with Crippen molar-refractivity contribution in [3.8, 4) is 11.5 Å². The number of methoxy groups -OCH3 is 1. The van der Waals surface area contributed by atoms with Gasteiger partial charge in [0.15, 0.2) is 11.5 Å². The number of piperidine rings is 1. The van der Waals surface area contributed by atoms with E-state index in [4.69, 9.17) is 14.2 Å². The molecule has 4 rings (SSSR count). The number of likely N-dealkylation sites (tertiary alicyclic amines) is 1. The summed E-state index contributed by atoms with van der Waals surface area (Å²) >= 11 is 0. The maximum absolute atomic E-state index is 12.4. The van der Waals surface area contributed by atoms with Crippen molar-refractivity contribution in [2.24, 2.45) is 11.3 Å². The van der Waals surface area contributed by atoms with Gasteiger partial charge < -0.3 is 24.4 Å². The van der Waals surface area contributed by atoms with Crippen molar-refractivity contribution in [3.05, 3.63) is 23.8 Å². The second-order valence-corrected chi connectivity index (χ2v) is 6.98. The molecule has 2 heterocycles. The van der Waals surface area contributed by atoms with Crippen LogP contribution < -0.4 is 14.8 Å². The first-order chi connectivity index (χ1) is 12.1. The van der Waals surface area contributed by atoms with Gasteiger partial charge in [-0.05, 0) is 42.4 Å². The number of amides is 2. The summed E-state index contributed by atoms with van der Waals surface area (Å²) in [6.07, 6.45) is 2.63. The Morgan fingerprint density at radius 2 is 2.04 bits per heavy atom. The molecule has 1 N–H and O–H groups in total. The molecule has 1 aromatic rings. The van der Waals surface area contributed by atoms with Gasteiger partial charge in [0.2, 0.25) is 6.79 Å². The Labute approximate surface area is 146 Å². The van der Waals surface area contributed by atoms with Crippen LogP contribution in [0.5, 0.6) is 11.5 Å². The van der Waals surface area contributed by atoms with E-state index >= 15 is 0 Å². The van der Waals surface area contributed by atoms with Crippen molar-refractivity contribution in [1.29, 1.82) is 0 Å². The Morgan fingerprint density at radius 3 is 2.80 bits per heavy atom. The zero-order valence-electron chi connectivity index (χ0n) is 14.2. The molecule has 25 heavy (non-hydrogen) atoms. The van der Waals surface area contributed by atoms with E-state index in [1.54, 1.807) is 0 Å². The molecule has 0 aromatic heterocycles. The summed E-state index contributed by atoms with van der Waals surface area (Å²) in [7, 11) is 1.44. The minimum absolute atomic E-state index is 0.0244. The van der Waals surface area contributed by atoms with Gasteiger partial charge in [-0.3, -0.25) is 4.79 Å². The number of hydrogen-bond acceptors (Lipinski definition) is 5. The first kappa shape index (κ1) is 16.1. The van der Waals surface area contributed by atoms with E-state index in [0.717, 1.165) is 30.6 Å². The molecule has 3 aliphatic rings. The van der Waals surface area contributed by atoms with Crippen LogP contribution in [0.1, 0.15) is 24.8 Å². The number of nitrogens with one attached hydrogen (secondary N) is 1. The molecule has 2 amide bonds. The molecule has 1 aromatic carbocycles. The highest BCUT2D eigenvalue weighted by Crippen LogP contribution is 2.59. The molecule has 7 heteroatoms. The summed E-state index contributed by atoms with van der Waals surface area (Å²) < 4.78 is 15.5. The fourth-order valence-electron chi connectivity index (χ4n) is 3.87. The van der Waals surface area contributed by atoms with Gasteiger partial charge in [-0.2, -0.15) is 0 Å². The first-order valence-electron chi connectivity index (χ1n) is 8.60. The molecule has 134 valence electrons. The van der Waals surface area contributed by atoms with Crippen LogP contribution in [-0.2, 0) is 16.1 Å². The molecule has 2 fully saturated rings. The molecular formula is C18H22N2O5. The highest BCUT2D eigenvalue weighted by molar-refractivity contribution is 5.77. The average molecular weight is 346 g/mol. The fraction of sp³-hybridized carbons (Fsp3) is 0.556. The van der Waals surface area contributed by atoms with Crippen LogP contribution in [-0.4, -0.2) is 43.9 Å². The number of esters is 1. The van der Waals surface area contributed by atoms with Crippen LogP contribution in [0.25, 0.3) is 0 Å². The van der Waals surface area contributed by atoms with E-state index in [0.29, 0.717) is 25.4 Å². The number of carbonyl (C=O) groups excluding carboxylic acids is 2. The Hall–Kier alpha value is -2.44. The smallest absolute Gasteiger partial charge is 0.317 e. The predicted molar refractivity (Wildman–Crippen MR) is 88.2 cm³/mol. The lowest BCUT2D eigenvalue weighted by molar-refractivity contribution is -0.143. The van der Waals surface area contributed by atoms with E-state index in [1.807, 2.05) is 23.1 Å². The van der Waals surface area contributed by atoms with Gasteiger partial charge in [-0.15, -0.1) is 0 Å². The third-order valence-electron chi connectivity index (χ3n) is 5.60. The highest BCUT2D eigenvalue weighted by atomic mass is 16.7. The normalized spacial score (nSPS) is 22.6. The number of carbonyl (C=O) groups is 2. The summed E-state index contributed by atoms with van der Waals surface area (Å²) in [6, 6.07) is 5.60. The molecular weight excluding hydrogens is 324 g/mol. The third-order valence-corrected chi connectivity index (χ3v) is 5.60. The van der Waals surface area contributed by atoms with Gasteiger partial charge >= 0.3 is 12.0 Å². The van der Waals surface area contributed by atoms with Crippen LogP contribution in [0, 0.1) is 11.3 Å². The monoisotopic (exact) mass is 346 g/mol. The molecule has 1 spiro atoms. The summed E-state index contributed by atoms with van der Waals surface area (Å²) in [5.41, 5.74) is 1.04. The standard InChI is InChI=1S/C18H22N2O5/c1-23-16(21)13-9-18(13)4-6-20(7-5-18)17(22)19-10-12-2-3-14-15(8-12)25-11-24-14/h2-3,8,13H,4-7,9-11H2,1H3,(H,19,22)/t13-/m1/s1. The minimum atomic E-state index is -0.110. The predicted octanol–water partition coefficient (Wildman–Crippen LogP) is 1.90. The molecule has 0 radical (unpaired) electrons. The van der Waals surface area contributed by atoms with Crippen molar-refractivity contribution in [3.63, 3.8) is 0 Å². The Bertz CT molecular complexity index is 697. The second kappa shape index (κ2) is 6.13. The summed E-state index contributed by atoms with van der Waals surface area (Å²) in [5, 5.41) is 2.95. The molecule has 2 aliphatic heterocycles. The third kappa shape index (κ3) is 2.99. The van der Waals surface area contributed by atoms with Gasteiger partial charge in [0.05, 0.1) is 13.0 Å². The number of nitrogens with zero attached hydrogens (tertiary/aromatic N) is 1. The zero-order valence-corrected chi connectivity index (χ0v) is 14.2. The van der Waals surface area contributed by atoms with E-state index in [-0.39, 0.29) is 30.1 Å². The molecule has 0 bridgehead atoms. The molecule has 1 atom stereocenters. The number of hydrogen-bond donors (Lipinski definition) is 1. The number of fused-ring (bicyclic) bond motifs is 1. The Balaban J connectivity index is 1.26. The summed E-state index contributed by atoms with van der Waals surface area (Å²) in [4.78, 5) is 25.9. The van der Waals surface area contributed by atoms with Crippen molar-refractivity contribution in [1.82, 2.24) is 10.2 Å². The van der Waals surface area contributed by atoms with Crippen LogP contribution >= 0.6 is 0 Å². The first-order valence-corrected chi connectivity index (χ1v) is 8.60. The van der Waals surface area contributed by atoms with E-state index in [9.17, 15) is 9.59 Å². The van der Waals surface area contributed by atoms with Crippen LogP contribution in [0.15, 0.2) is 18.2 Å². The molecule has 0 unspecified atom stereocenters. The van der Waals surface area contributed by atoms with Crippen LogP contribution in [0.4, 0.5) is 4.79 Å². The van der Waals surface area contributed by atoms with E-state index < -0.39 is 0 Å².